The zero-order valence-corrected chi connectivity index (χ0v) is 12.0. The van der Waals surface area contributed by atoms with Gasteiger partial charge in [0.1, 0.15) is 0 Å². The molecule has 0 heterocycles. The molecule has 5 nitrogen and oxygen atoms in total. The van der Waals surface area contributed by atoms with Gasteiger partial charge in [0, 0.05) is 19.7 Å². The molecule has 1 aromatic carbocycles. The number of nitrogens with one attached hydrogen (secondary N) is 1. The molecule has 0 aliphatic rings. The van der Waals surface area contributed by atoms with Gasteiger partial charge >= 0.3 is 0 Å². The Hall–Kier alpha value is -1.46. The van der Waals surface area contributed by atoms with Crippen molar-refractivity contribution in [2.45, 2.75) is 25.9 Å². The Morgan fingerprint density at radius 2 is 1.74 bits per heavy atom. The van der Waals surface area contributed by atoms with E-state index in [0.29, 0.717) is 30.7 Å². The van der Waals surface area contributed by atoms with Crippen molar-refractivity contribution in [3.05, 3.63) is 17.7 Å². The summed E-state index contributed by atoms with van der Waals surface area (Å²) in [5.74, 6) is 0.851. The third kappa shape index (κ3) is 4.29. The van der Waals surface area contributed by atoms with Crippen molar-refractivity contribution in [1.82, 2.24) is 5.32 Å². The van der Waals surface area contributed by atoms with E-state index in [1.54, 1.807) is 19.2 Å². The predicted octanol–water partition coefficient (Wildman–Crippen LogP) is 1.92. The van der Waals surface area contributed by atoms with Crippen LogP contribution in [0.15, 0.2) is 12.1 Å². The Morgan fingerprint density at radius 3 is 2.16 bits per heavy atom. The number of rotatable bonds is 8. The molecule has 0 radical (unpaired) electrons. The number of methoxy groups -OCH3 is 3. The lowest BCUT2D eigenvalue weighted by Crippen LogP contribution is -2.32. The summed E-state index contributed by atoms with van der Waals surface area (Å²) in [7, 11) is 4.73. The summed E-state index contributed by atoms with van der Waals surface area (Å²) >= 11 is 0. The second-order valence-electron chi connectivity index (χ2n) is 4.29. The van der Waals surface area contributed by atoms with Crippen LogP contribution >= 0.6 is 0 Å². The molecular weight excluding hydrogens is 246 g/mol. The van der Waals surface area contributed by atoms with E-state index in [4.69, 9.17) is 14.2 Å². The fourth-order valence-corrected chi connectivity index (χ4v) is 1.83. The standard InChI is InChI=1S/C14H23NO4/c1-5-11(9-17-2)15-8-10-6-12(18-3)14(16)13(7-10)19-4/h6-7,11,15-16H,5,8-9H2,1-4H3. The molecule has 0 fully saturated rings. The Labute approximate surface area is 114 Å². The van der Waals surface area contributed by atoms with Crippen LogP contribution in [-0.2, 0) is 11.3 Å². The number of phenolic OH excluding ortho intramolecular Hbond substituents is 1. The second-order valence-corrected chi connectivity index (χ2v) is 4.29. The summed E-state index contributed by atoms with van der Waals surface area (Å²) in [6.07, 6.45) is 0.986. The highest BCUT2D eigenvalue weighted by Gasteiger charge is 2.12. The quantitative estimate of drug-likeness (QED) is 0.755. The molecule has 19 heavy (non-hydrogen) atoms. The second kappa shape index (κ2) is 7.86. The molecule has 0 amide bonds. The van der Waals surface area contributed by atoms with Crippen LogP contribution in [0.25, 0.3) is 0 Å². The van der Waals surface area contributed by atoms with E-state index in [2.05, 4.69) is 12.2 Å². The molecule has 0 saturated carbocycles. The van der Waals surface area contributed by atoms with Crippen molar-refractivity contribution in [1.29, 1.82) is 0 Å². The van der Waals surface area contributed by atoms with Crippen molar-refractivity contribution < 1.29 is 19.3 Å². The van der Waals surface area contributed by atoms with Gasteiger partial charge in [0.15, 0.2) is 11.5 Å². The van der Waals surface area contributed by atoms with Crippen molar-refractivity contribution in [3.63, 3.8) is 0 Å². The van der Waals surface area contributed by atoms with E-state index >= 15 is 0 Å². The van der Waals surface area contributed by atoms with Crippen molar-refractivity contribution in [2.75, 3.05) is 27.9 Å². The molecule has 5 heteroatoms. The molecule has 0 bridgehead atoms. The van der Waals surface area contributed by atoms with Crippen LogP contribution in [-0.4, -0.2) is 39.1 Å². The molecule has 1 atom stereocenters. The van der Waals surface area contributed by atoms with Gasteiger partial charge in [-0.2, -0.15) is 0 Å². The fraction of sp³-hybridized carbons (Fsp3) is 0.571. The van der Waals surface area contributed by atoms with Gasteiger partial charge in [0.2, 0.25) is 5.75 Å². The lowest BCUT2D eigenvalue weighted by Gasteiger charge is -2.17. The van der Waals surface area contributed by atoms with Gasteiger partial charge in [-0.3, -0.25) is 0 Å². The van der Waals surface area contributed by atoms with Gasteiger partial charge < -0.3 is 24.6 Å². The van der Waals surface area contributed by atoms with Gasteiger partial charge in [-0.25, -0.2) is 0 Å². The van der Waals surface area contributed by atoms with Crippen LogP contribution in [0.1, 0.15) is 18.9 Å². The minimum Gasteiger partial charge on any atom is -0.502 e. The Morgan fingerprint density at radius 1 is 1.16 bits per heavy atom. The molecule has 0 aromatic heterocycles. The summed E-state index contributed by atoms with van der Waals surface area (Å²) < 4.78 is 15.4. The third-order valence-corrected chi connectivity index (χ3v) is 3.00. The normalized spacial score (nSPS) is 12.2. The first-order valence-corrected chi connectivity index (χ1v) is 6.32. The van der Waals surface area contributed by atoms with Crippen LogP contribution < -0.4 is 14.8 Å². The highest BCUT2D eigenvalue weighted by Crippen LogP contribution is 2.37. The molecule has 0 spiro atoms. The van der Waals surface area contributed by atoms with Gasteiger partial charge in [0.05, 0.1) is 20.8 Å². The molecule has 108 valence electrons. The van der Waals surface area contributed by atoms with Crippen LogP contribution in [0.4, 0.5) is 0 Å². The van der Waals surface area contributed by atoms with Crippen LogP contribution in [0.2, 0.25) is 0 Å². The summed E-state index contributed by atoms with van der Waals surface area (Å²) in [6, 6.07) is 3.89. The maximum Gasteiger partial charge on any atom is 0.200 e. The smallest absolute Gasteiger partial charge is 0.200 e. The van der Waals surface area contributed by atoms with E-state index in [1.165, 1.54) is 14.2 Å². The number of hydrogen-bond donors (Lipinski definition) is 2. The lowest BCUT2D eigenvalue weighted by atomic mass is 10.1. The first-order valence-electron chi connectivity index (χ1n) is 6.32. The minimum atomic E-state index is 0.0256. The van der Waals surface area contributed by atoms with Gasteiger partial charge in [-0.1, -0.05) is 6.92 Å². The summed E-state index contributed by atoms with van der Waals surface area (Å²) in [4.78, 5) is 0. The summed E-state index contributed by atoms with van der Waals surface area (Å²) in [5.41, 5.74) is 0.987. The fourth-order valence-electron chi connectivity index (χ4n) is 1.83. The number of benzene rings is 1. The monoisotopic (exact) mass is 269 g/mol. The van der Waals surface area contributed by atoms with E-state index in [0.717, 1.165) is 12.0 Å². The largest absolute Gasteiger partial charge is 0.502 e. The Balaban J connectivity index is 2.77. The molecule has 2 N–H and O–H groups in total. The van der Waals surface area contributed by atoms with E-state index in [1.807, 2.05) is 0 Å². The molecule has 1 unspecified atom stereocenters. The van der Waals surface area contributed by atoms with E-state index in [9.17, 15) is 5.11 Å². The van der Waals surface area contributed by atoms with E-state index in [-0.39, 0.29) is 5.75 Å². The molecule has 1 rings (SSSR count). The maximum atomic E-state index is 9.83. The highest BCUT2D eigenvalue weighted by molar-refractivity contribution is 5.52. The highest BCUT2D eigenvalue weighted by atomic mass is 16.5. The number of phenols is 1. The van der Waals surface area contributed by atoms with Gasteiger partial charge in [0.25, 0.3) is 0 Å². The van der Waals surface area contributed by atoms with Crippen LogP contribution in [0, 0.1) is 0 Å². The third-order valence-electron chi connectivity index (χ3n) is 3.00. The number of ether oxygens (including phenoxy) is 3. The first-order chi connectivity index (χ1) is 9.15. The molecular formula is C14H23NO4. The van der Waals surface area contributed by atoms with Crippen molar-refractivity contribution in [3.8, 4) is 17.2 Å². The van der Waals surface area contributed by atoms with E-state index < -0.39 is 0 Å². The average molecular weight is 269 g/mol. The van der Waals surface area contributed by atoms with Crippen LogP contribution in [0.3, 0.4) is 0 Å². The van der Waals surface area contributed by atoms with Crippen molar-refractivity contribution >= 4 is 0 Å². The lowest BCUT2D eigenvalue weighted by molar-refractivity contribution is 0.164. The topological polar surface area (TPSA) is 60.0 Å². The molecule has 0 aliphatic heterocycles. The molecule has 0 saturated heterocycles. The van der Waals surface area contributed by atoms with Crippen molar-refractivity contribution in [2.24, 2.45) is 0 Å². The minimum absolute atomic E-state index is 0.0256. The maximum absolute atomic E-state index is 9.83. The van der Waals surface area contributed by atoms with Crippen LogP contribution in [0.5, 0.6) is 17.2 Å². The first kappa shape index (κ1) is 15.6. The Bertz CT molecular complexity index is 370. The summed E-state index contributed by atoms with van der Waals surface area (Å²) in [6.45, 7) is 3.44. The zero-order valence-electron chi connectivity index (χ0n) is 12.0. The summed E-state index contributed by atoms with van der Waals surface area (Å²) in [5, 5.41) is 13.2. The Kier molecular flexibility index (Phi) is 6.45. The number of aromatic hydroxyl groups is 1. The average Bonchev–Trinajstić information content (AvgIpc) is 2.44. The number of hydrogen-bond acceptors (Lipinski definition) is 5. The SMILES string of the molecule is CCC(COC)NCc1cc(OC)c(O)c(OC)c1. The van der Waals surface area contributed by atoms with Gasteiger partial charge in [-0.15, -0.1) is 0 Å². The van der Waals surface area contributed by atoms with Gasteiger partial charge in [-0.05, 0) is 24.1 Å². The predicted molar refractivity (Wildman–Crippen MR) is 74.0 cm³/mol. The zero-order chi connectivity index (χ0) is 14.3. The molecule has 1 aromatic rings. The molecule has 0 aliphatic carbocycles.